The molecule has 3 aromatic carbocycles. The van der Waals surface area contributed by atoms with E-state index in [1.54, 1.807) is 42.5 Å². The molecule has 0 saturated carbocycles. The minimum atomic E-state index is -0.688. The minimum absolute atomic E-state index is 0.0428. The summed E-state index contributed by atoms with van der Waals surface area (Å²) in [6, 6.07) is 20.5. The molecule has 0 heterocycles. The zero-order valence-electron chi connectivity index (χ0n) is 16.3. The molecule has 0 fully saturated rings. The lowest BCUT2D eigenvalue weighted by Gasteiger charge is -2.11. The van der Waals surface area contributed by atoms with E-state index in [4.69, 9.17) is 30.5 Å². The Morgan fingerprint density at radius 1 is 0.839 bits per heavy atom. The van der Waals surface area contributed by atoms with Crippen LogP contribution in [0.25, 0.3) is 0 Å². The van der Waals surface area contributed by atoms with Gasteiger partial charge in [-0.1, -0.05) is 57.9 Å². The van der Waals surface area contributed by atoms with E-state index in [1.165, 1.54) is 12.1 Å². The maximum absolute atomic E-state index is 12.4. The molecule has 0 atom stereocenters. The molecule has 0 saturated heterocycles. The minimum Gasteiger partial charge on any atom is -0.490 e. The van der Waals surface area contributed by atoms with Gasteiger partial charge in [0.15, 0.2) is 6.61 Å². The highest BCUT2D eigenvalue weighted by Crippen LogP contribution is 2.28. The SMILES string of the molecule is O=C(COc1ccc(Br)cc1Cl)Oc1ccccc1C(=O)OCCOc1ccccc1. The second-order valence-corrected chi connectivity index (χ2v) is 7.45. The van der Waals surface area contributed by atoms with Crippen molar-refractivity contribution in [1.29, 1.82) is 0 Å². The molecule has 0 aliphatic rings. The lowest BCUT2D eigenvalue weighted by atomic mass is 10.2. The van der Waals surface area contributed by atoms with Crippen molar-refractivity contribution in [2.75, 3.05) is 19.8 Å². The van der Waals surface area contributed by atoms with Gasteiger partial charge in [0.1, 0.15) is 36.0 Å². The Morgan fingerprint density at radius 3 is 2.35 bits per heavy atom. The monoisotopic (exact) mass is 504 g/mol. The van der Waals surface area contributed by atoms with Gasteiger partial charge in [-0.2, -0.15) is 0 Å². The van der Waals surface area contributed by atoms with Crippen LogP contribution in [0, 0.1) is 0 Å². The van der Waals surface area contributed by atoms with Crippen LogP contribution in [0.1, 0.15) is 10.4 Å². The summed E-state index contributed by atoms with van der Waals surface area (Å²) in [4.78, 5) is 24.6. The first-order valence-electron chi connectivity index (χ1n) is 9.25. The number of esters is 2. The Kier molecular flexibility index (Phi) is 8.32. The van der Waals surface area contributed by atoms with Crippen LogP contribution >= 0.6 is 27.5 Å². The number of benzene rings is 3. The summed E-state index contributed by atoms with van der Waals surface area (Å²) >= 11 is 9.35. The molecule has 0 N–H and O–H groups in total. The summed E-state index contributed by atoms with van der Waals surface area (Å²) < 4.78 is 22.2. The van der Waals surface area contributed by atoms with E-state index < -0.39 is 11.9 Å². The lowest BCUT2D eigenvalue weighted by molar-refractivity contribution is -0.136. The van der Waals surface area contributed by atoms with Gasteiger partial charge in [0.05, 0.1) is 5.02 Å². The van der Waals surface area contributed by atoms with E-state index in [2.05, 4.69) is 15.9 Å². The molecule has 0 radical (unpaired) electrons. The first kappa shape index (κ1) is 22.7. The summed E-state index contributed by atoms with van der Waals surface area (Å²) in [5.41, 5.74) is 0.122. The molecular weight excluding hydrogens is 488 g/mol. The Bertz CT molecular complexity index is 1040. The van der Waals surface area contributed by atoms with Crippen LogP contribution < -0.4 is 14.2 Å². The first-order valence-corrected chi connectivity index (χ1v) is 10.4. The van der Waals surface area contributed by atoms with E-state index >= 15 is 0 Å². The highest BCUT2D eigenvalue weighted by atomic mass is 79.9. The molecule has 160 valence electrons. The molecule has 3 rings (SSSR count). The molecule has 0 bridgehead atoms. The number of ether oxygens (including phenoxy) is 4. The van der Waals surface area contributed by atoms with Gasteiger partial charge in [0.2, 0.25) is 0 Å². The van der Waals surface area contributed by atoms with Crippen molar-refractivity contribution in [3.63, 3.8) is 0 Å². The molecule has 0 amide bonds. The van der Waals surface area contributed by atoms with Gasteiger partial charge in [-0.05, 0) is 42.5 Å². The predicted molar refractivity (Wildman–Crippen MR) is 119 cm³/mol. The Balaban J connectivity index is 1.51. The van der Waals surface area contributed by atoms with Crippen LogP contribution in [0.4, 0.5) is 0 Å². The molecule has 0 spiro atoms. The highest BCUT2D eigenvalue weighted by molar-refractivity contribution is 9.10. The van der Waals surface area contributed by atoms with Crippen LogP contribution in [0.5, 0.6) is 17.2 Å². The van der Waals surface area contributed by atoms with Crippen molar-refractivity contribution in [2.24, 2.45) is 0 Å². The second kappa shape index (κ2) is 11.4. The van der Waals surface area contributed by atoms with Crippen molar-refractivity contribution in [2.45, 2.75) is 0 Å². The van der Waals surface area contributed by atoms with Gasteiger partial charge >= 0.3 is 11.9 Å². The normalized spacial score (nSPS) is 10.3. The molecule has 31 heavy (non-hydrogen) atoms. The second-order valence-electron chi connectivity index (χ2n) is 6.13. The number of para-hydroxylation sites is 2. The summed E-state index contributed by atoms with van der Waals surface area (Å²) in [5, 5.41) is 0.351. The van der Waals surface area contributed by atoms with Crippen molar-refractivity contribution >= 4 is 39.5 Å². The van der Waals surface area contributed by atoms with Gasteiger partial charge in [-0.25, -0.2) is 9.59 Å². The number of hydrogen-bond acceptors (Lipinski definition) is 6. The lowest BCUT2D eigenvalue weighted by Crippen LogP contribution is -2.20. The maximum atomic E-state index is 12.4. The number of rotatable bonds is 9. The summed E-state index contributed by atoms with van der Waals surface area (Å²) in [6.07, 6.45) is 0. The van der Waals surface area contributed by atoms with Crippen molar-refractivity contribution in [1.82, 2.24) is 0 Å². The van der Waals surface area contributed by atoms with Gasteiger partial charge in [-0.15, -0.1) is 0 Å². The largest absolute Gasteiger partial charge is 0.490 e. The molecule has 0 aliphatic heterocycles. The molecule has 0 aromatic heterocycles. The quantitative estimate of drug-likeness (QED) is 0.223. The third-order valence-electron chi connectivity index (χ3n) is 3.90. The zero-order valence-corrected chi connectivity index (χ0v) is 18.6. The average Bonchev–Trinajstić information content (AvgIpc) is 2.77. The van der Waals surface area contributed by atoms with E-state index in [-0.39, 0.29) is 31.1 Å². The van der Waals surface area contributed by atoms with Gasteiger partial charge in [0, 0.05) is 4.47 Å². The van der Waals surface area contributed by atoms with Crippen LogP contribution in [0.2, 0.25) is 5.02 Å². The van der Waals surface area contributed by atoms with Crippen LogP contribution in [-0.4, -0.2) is 31.8 Å². The molecular formula is C23H18BrClO6. The fourth-order valence-electron chi connectivity index (χ4n) is 2.49. The Labute approximate surface area is 192 Å². The van der Waals surface area contributed by atoms with E-state index in [9.17, 15) is 9.59 Å². The number of hydrogen-bond donors (Lipinski definition) is 0. The topological polar surface area (TPSA) is 71.1 Å². The predicted octanol–water partition coefficient (Wildman–Crippen LogP) is 5.32. The Hall–Kier alpha value is -3.03. The van der Waals surface area contributed by atoms with Crippen molar-refractivity contribution in [3.8, 4) is 17.2 Å². The number of halogens is 2. The first-order chi connectivity index (χ1) is 15.0. The fourth-order valence-corrected chi connectivity index (χ4v) is 3.22. The van der Waals surface area contributed by atoms with Gasteiger partial charge < -0.3 is 18.9 Å². The summed E-state index contributed by atoms with van der Waals surface area (Å²) in [7, 11) is 0. The molecule has 8 heteroatoms. The maximum Gasteiger partial charge on any atom is 0.349 e. The summed E-state index contributed by atoms with van der Waals surface area (Å²) in [5.74, 6) is -0.220. The van der Waals surface area contributed by atoms with E-state index in [0.717, 1.165) is 4.47 Å². The van der Waals surface area contributed by atoms with Crippen molar-refractivity contribution in [3.05, 3.63) is 87.9 Å². The third-order valence-corrected chi connectivity index (χ3v) is 4.69. The molecule has 6 nitrogen and oxygen atoms in total. The average molecular weight is 506 g/mol. The summed E-state index contributed by atoms with van der Waals surface area (Å²) in [6.45, 7) is -0.143. The zero-order chi connectivity index (χ0) is 22.1. The number of carbonyl (C=O) groups is 2. The van der Waals surface area contributed by atoms with Crippen LogP contribution in [0.15, 0.2) is 77.3 Å². The number of carbonyl (C=O) groups excluding carboxylic acids is 2. The van der Waals surface area contributed by atoms with E-state index in [1.807, 2.05) is 18.2 Å². The smallest absolute Gasteiger partial charge is 0.349 e. The van der Waals surface area contributed by atoms with Gasteiger partial charge in [-0.3, -0.25) is 0 Å². The van der Waals surface area contributed by atoms with Gasteiger partial charge in [0.25, 0.3) is 0 Å². The molecule has 0 aliphatic carbocycles. The third kappa shape index (κ3) is 7.01. The molecule has 3 aromatic rings. The van der Waals surface area contributed by atoms with Crippen molar-refractivity contribution < 1.29 is 28.5 Å². The molecule has 0 unspecified atom stereocenters. The Morgan fingerprint density at radius 2 is 1.58 bits per heavy atom. The van der Waals surface area contributed by atoms with Crippen LogP contribution in [0.3, 0.4) is 0 Å². The standard InChI is InChI=1S/C23H18BrClO6/c24-16-10-11-21(19(25)14-16)30-15-22(26)31-20-9-5-4-8-18(20)23(27)29-13-12-28-17-6-2-1-3-7-17/h1-11,14H,12-13,15H2. The van der Waals surface area contributed by atoms with Crippen LogP contribution in [-0.2, 0) is 9.53 Å². The van der Waals surface area contributed by atoms with E-state index in [0.29, 0.717) is 16.5 Å². The fraction of sp³-hybridized carbons (Fsp3) is 0.130. The highest BCUT2D eigenvalue weighted by Gasteiger charge is 2.17.